The molecule has 0 atom stereocenters. The van der Waals surface area contributed by atoms with Gasteiger partial charge in [0.05, 0.1) is 13.2 Å². The molecule has 2 aromatic carbocycles. The van der Waals surface area contributed by atoms with Crippen molar-refractivity contribution in [3.63, 3.8) is 0 Å². The van der Waals surface area contributed by atoms with Crippen LogP contribution in [0.3, 0.4) is 0 Å². The summed E-state index contributed by atoms with van der Waals surface area (Å²) < 4.78 is 27.5. The third-order valence-electron chi connectivity index (χ3n) is 7.23. The van der Waals surface area contributed by atoms with E-state index in [0.29, 0.717) is 58.3 Å². The Morgan fingerprint density at radius 1 is 0.667 bits per heavy atom. The molecule has 48 heavy (non-hydrogen) atoms. The first-order valence-corrected chi connectivity index (χ1v) is 16.0. The molecule has 4 aliphatic rings. The monoisotopic (exact) mass is 698 g/mol. The van der Waals surface area contributed by atoms with Crippen LogP contribution in [0.25, 0.3) is 44.8 Å². The van der Waals surface area contributed by atoms with E-state index < -0.39 is 22.5 Å². The molecule has 0 saturated carbocycles. The minimum absolute atomic E-state index is 0.0433. The van der Waals surface area contributed by atoms with E-state index >= 15 is 0 Å². The van der Waals surface area contributed by atoms with Crippen LogP contribution in [0.5, 0.6) is 11.5 Å². The smallest absolute Gasteiger partial charge is 0.351 e. The zero-order chi connectivity index (χ0) is 34.2. The Morgan fingerprint density at radius 2 is 1.12 bits per heavy atom. The summed E-state index contributed by atoms with van der Waals surface area (Å²) in [6, 6.07) is 10.1. The van der Waals surface area contributed by atoms with Gasteiger partial charge in [0.15, 0.2) is 11.2 Å². The number of aromatic amines is 2. The average molecular weight is 700 g/mol. The fourth-order valence-corrected chi connectivity index (χ4v) is 5.33. The summed E-state index contributed by atoms with van der Waals surface area (Å²) in [7, 11) is 1.65. The van der Waals surface area contributed by atoms with E-state index in [1.807, 2.05) is 0 Å². The van der Waals surface area contributed by atoms with Gasteiger partial charge in [0.2, 0.25) is 11.8 Å². The summed E-state index contributed by atoms with van der Waals surface area (Å²) >= 11 is 12.7. The van der Waals surface area contributed by atoms with Crippen molar-refractivity contribution in [3.8, 4) is 34.4 Å². The van der Waals surface area contributed by atoms with Gasteiger partial charge in [-0.1, -0.05) is 49.4 Å². The Hall–Kier alpha value is -4.72. The number of H-pyrrole nitrogens is 2. The molecule has 0 saturated heterocycles. The summed E-state index contributed by atoms with van der Waals surface area (Å²) in [6.45, 7) is 3.89. The lowest BCUT2D eigenvalue weighted by molar-refractivity contribution is 0.184. The van der Waals surface area contributed by atoms with Crippen molar-refractivity contribution in [2.45, 2.75) is 45.4 Å². The van der Waals surface area contributed by atoms with Gasteiger partial charge < -0.3 is 23.0 Å². The number of benzene rings is 2. The lowest BCUT2D eigenvalue weighted by atomic mass is 10.1. The normalized spacial score (nSPS) is 11.2. The van der Waals surface area contributed by atoms with Crippen molar-refractivity contribution in [1.29, 1.82) is 0 Å². The van der Waals surface area contributed by atoms with Crippen molar-refractivity contribution < 1.29 is 23.0 Å². The minimum atomic E-state index is -0.766. The lowest BCUT2D eigenvalue weighted by Crippen LogP contribution is -2.24. The Kier molecular flexibility index (Phi) is 11.5. The Morgan fingerprint density at radius 3 is 1.58 bits per heavy atom. The quantitative estimate of drug-likeness (QED) is 0.112. The first kappa shape index (κ1) is 34.6. The van der Waals surface area contributed by atoms with Crippen molar-refractivity contribution in [2.24, 2.45) is 0 Å². The number of hydrogen-bond acceptors (Lipinski definition) is 11. The molecule has 4 heterocycles. The van der Waals surface area contributed by atoms with Crippen molar-refractivity contribution in [3.05, 3.63) is 88.1 Å². The molecule has 15 heteroatoms. The molecule has 0 bridgehead atoms. The highest BCUT2D eigenvalue weighted by atomic mass is 35.5. The van der Waals surface area contributed by atoms with Crippen molar-refractivity contribution in [2.75, 3.05) is 26.9 Å². The summed E-state index contributed by atoms with van der Waals surface area (Å²) in [5.41, 5.74) is -1.57. The van der Waals surface area contributed by atoms with Crippen LogP contribution >= 0.6 is 23.2 Å². The molecule has 0 unspecified atom stereocenters. The number of fused-ring (bicyclic) bond motifs is 4. The number of ether oxygens (including phenoxy) is 3. The van der Waals surface area contributed by atoms with Crippen LogP contribution in [-0.2, 0) is 4.74 Å². The largest absolute Gasteiger partial charge is 0.492 e. The molecule has 0 aromatic heterocycles. The molecule has 4 aliphatic heterocycles. The number of nitrogens with one attached hydrogen (secondary N) is 2. The second kappa shape index (κ2) is 15.9. The SMILES string of the molecule is CCCCCCOc1ccc2cc3c(=O)[nH]c(=O)nc-3oc2c1Cl.COCCCCOc1ccc2cc3c(=O)[nH]c(=O)nc-3oc2c1Cl. The maximum Gasteiger partial charge on any atom is 0.351 e. The molecule has 2 aromatic rings. The summed E-state index contributed by atoms with van der Waals surface area (Å²) in [5, 5.41) is 1.83. The summed E-state index contributed by atoms with van der Waals surface area (Å²) in [5.74, 6) is 0.876. The zero-order valence-electron chi connectivity index (χ0n) is 26.2. The van der Waals surface area contributed by atoms with Gasteiger partial charge >= 0.3 is 11.4 Å². The fourth-order valence-electron chi connectivity index (χ4n) is 4.80. The Labute approximate surface area is 282 Å². The predicted molar refractivity (Wildman–Crippen MR) is 181 cm³/mol. The van der Waals surface area contributed by atoms with Gasteiger partial charge in [0.1, 0.15) is 32.7 Å². The molecule has 0 fully saturated rings. The van der Waals surface area contributed by atoms with E-state index in [2.05, 4.69) is 26.9 Å². The van der Waals surface area contributed by atoms with E-state index in [4.69, 9.17) is 46.2 Å². The number of methoxy groups -OCH3 is 1. The highest BCUT2D eigenvalue weighted by Gasteiger charge is 2.19. The number of halogens is 2. The number of aromatic nitrogens is 4. The molecule has 13 nitrogen and oxygen atoms in total. The van der Waals surface area contributed by atoms with Gasteiger partial charge in [0.25, 0.3) is 11.1 Å². The van der Waals surface area contributed by atoms with Gasteiger partial charge in [-0.15, -0.1) is 0 Å². The third kappa shape index (κ3) is 8.04. The molecule has 6 rings (SSSR count). The first-order chi connectivity index (χ1) is 23.2. The van der Waals surface area contributed by atoms with E-state index in [1.54, 1.807) is 43.5 Å². The molecule has 0 aliphatic carbocycles. The molecular weight excluding hydrogens is 667 g/mol. The van der Waals surface area contributed by atoms with Crippen LogP contribution in [0.4, 0.5) is 0 Å². The minimum Gasteiger partial charge on any atom is -0.492 e. The van der Waals surface area contributed by atoms with E-state index in [0.717, 1.165) is 32.1 Å². The molecule has 0 amide bonds. The summed E-state index contributed by atoms with van der Waals surface area (Å²) in [6.07, 6.45) is 6.11. The first-order valence-electron chi connectivity index (χ1n) is 15.3. The van der Waals surface area contributed by atoms with E-state index in [-0.39, 0.29) is 27.9 Å². The highest BCUT2D eigenvalue weighted by Crippen LogP contribution is 2.37. The number of rotatable bonds is 12. The second-order valence-electron chi connectivity index (χ2n) is 10.7. The van der Waals surface area contributed by atoms with Gasteiger partial charge in [-0.05, 0) is 55.7 Å². The maximum absolute atomic E-state index is 11.8. The molecule has 252 valence electrons. The van der Waals surface area contributed by atoms with Crippen molar-refractivity contribution in [1.82, 2.24) is 19.9 Å². The number of hydrogen-bond donors (Lipinski definition) is 2. The Balaban J connectivity index is 0.000000188. The Bertz CT molecular complexity index is 2050. The maximum atomic E-state index is 11.8. The lowest BCUT2D eigenvalue weighted by Gasteiger charge is -2.11. The fraction of sp³-hybridized carbons (Fsp3) is 0.333. The van der Waals surface area contributed by atoms with Crippen LogP contribution < -0.4 is 32.0 Å². The van der Waals surface area contributed by atoms with Crippen LogP contribution in [0, 0.1) is 0 Å². The van der Waals surface area contributed by atoms with Crippen LogP contribution in [0.2, 0.25) is 10.0 Å². The van der Waals surface area contributed by atoms with E-state index in [9.17, 15) is 19.2 Å². The number of unbranched alkanes of at least 4 members (excludes halogenated alkanes) is 4. The standard InChI is InChI=1S/C17H17ClN2O4.C16H15ClN2O5/c1-2-3-4-5-8-23-12-7-6-10-9-11-15(21)19-17(22)20-16(11)24-14(10)13(12)18;1-22-6-2-3-7-23-11-5-4-9-8-10-14(20)18-16(21)19-15(10)24-13(9)12(11)17/h6-7,9H,2-5,8H2,1H3,(H,19,21,22);4-5,8H,2-3,6-7H2,1H3,(H,18,20,21). The zero-order valence-corrected chi connectivity index (χ0v) is 27.7. The highest BCUT2D eigenvalue weighted by molar-refractivity contribution is 6.36. The van der Waals surface area contributed by atoms with Gasteiger partial charge in [-0.3, -0.25) is 19.6 Å². The molecular formula is C33H32Cl2N4O9. The average Bonchev–Trinajstić information content (AvgIpc) is 3.06. The third-order valence-corrected chi connectivity index (χ3v) is 7.95. The number of nitrogens with zero attached hydrogens (tertiary/aromatic N) is 2. The molecule has 2 N–H and O–H groups in total. The van der Waals surface area contributed by atoms with E-state index in [1.165, 1.54) is 6.42 Å². The van der Waals surface area contributed by atoms with Crippen LogP contribution in [-0.4, -0.2) is 46.9 Å². The van der Waals surface area contributed by atoms with Gasteiger partial charge in [-0.25, -0.2) is 9.59 Å². The van der Waals surface area contributed by atoms with Crippen LogP contribution in [0.1, 0.15) is 45.4 Å². The predicted octanol–water partition coefficient (Wildman–Crippen LogP) is 6.03. The topological polar surface area (TPSA) is 180 Å². The van der Waals surface area contributed by atoms with Gasteiger partial charge in [0, 0.05) is 24.5 Å². The van der Waals surface area contributed by atoms with Crippen molar-refractivity contribution >= 4 is 45.1 Å². The molecule has 0 spiro atoms. The molecule has 0 radical (unpaired) electrons. The summed E-state index contributed by atoms with van der Waals surface area (Å²) in [4.78, 5) is 57.8. The van der Waals surface area contributed by atoms with Crippen LogP contribution in [0.15, 0.2) is 64.4 Å². The van der Waals surface area contributed by atoms with Gasteiger partial charge in [-0.2, -0.15) is 9.97 Å². The second-order valence-corrected chi connectivity index (χ2v) is 11.5.